The lowest BCUT2D eigenvalue weighted by atomic mass is 10.0. The summed E-state index contributed by atoms with van der Waals surface area (Å²) in [5.41, 5.74) is 3.41. The number of carbonyl (C=O) groups is 1. The van der Waals surface area contributed by atoms with Crippen LogP contribution in [-0.2, 0) is 10.5 Å². The van der Waals surface area contributed by atoms with E-state index in [9.17, 15) is 9.59 Å². The highest BCUT2D eigenvalue weighted by molar-refractivity contribution is 7.98. The third kappa shape index (κ3) is 4.73. The van der Waals surface area contributed by atoms with E-state index in [4.69, 9.17) is 4.74 Å². The molecule has 2 aromatic carbocycles. The number of nitrogens with zero attached hydrogens (tertiary/aromatic N) is 1. The second kappa shape index (κ2) is 9.08. The monoisotopic (exact) mass is 450 g/mol. The molecule has 0 aliphatic rings. The number of thiophene rings is 1. The molecule has 0 atom stereocenters. The van der Waals surface area contributed by atoms with Crippen molar-refractivity contribution in [1.29, 1.82) is 0 Å². The zero-order chi connectivity index (χ0) is 22.0. The molecule has 31 heavy (non-hydrogen) atoms. The number of carbonyl (C=O) groups excluding carboxylic acids is 1. The third-order valence-corrected chi connectivity index (χ3v) is 6.63. The van der Waals surface area contributed by atoms with Crippen LogP contribution >= 0.6 is 23.1 Å². The highest BCUT2D eigenvalue weighted by atomic mass is 32.2. The first-order valence-corrected chi connectivity index (χ1v) is 11.7. The molecule has 0 saturated heterocycles. The number of hydrogen-bond donors (Lipinski definition) is 1. The Kier molecular flexibility index (Phi) is 6.25. The molecule has 0 bridgehead atoms. The van der Waals surface area contributed by atoms with Gasteiger partial charge in [0, 0.05) is 16.2 Å². The average Bonchev–Trinajstić information content (AvgIpc) is 3.09. The summed E-state index contributed by atoms with van der Waals surface area (Å²) in [6.07, 6.45) is -0.149. The topological polar surface area (TPSA) is 72.0 Å². The number of fused-ring (bicyclic) bond motifs is 1. The van der Waals surface area contributed by atoms with Crippen molar-refractivity contribution < 1.29 is 9.53 Å². The molecule has 158 valence electrons. The van der Waals surface area contributed by atoms with Crippen molar-refractivity contribution in [3.63, 3.8) is 0 Å². The van der Waals surface area contributed by atoms with Gasteiger partial charge in [-0.3, -0.25) is 4.79 Å². The molecule has 0 aliphatic heterocycles. The summed E-state index contributed by atoms with van der Waals surface area (Å²) < 4.78 is 5.21. The molecule has 4 rings (SSSR count). The molecule has 1 N–H and O–H groups in total. The Morgan fingerprint density at radius 3 is 2.52 bits per heavy atom. The largest absolute Gasteiger partial charge is 0.459 e. The first kappa shape index (κ1) is 21.3. The van der Waals surface area contributed by atoms with E-state index in [0.29, 0.717) is 21.9 Å². The van der Waals surface area contributed by atoms with Crippen molar-refractivity contribution >= 4 is 39.3 Å². The van der Waals surface area contributed by atoms with E-state index in [1.165, 1.54) is 23.1 Å². The number of aryl methyl sites for hydroxylation is 1. The summed E-state index contributed by atoms with van der Waals surface area (Å²) in [6, 6.07) is 17.2. The van der Waals surface area contributed by atoms with Gasteiger partial charge in [-0.15, -0.1) is 11.3 Å². The van der Waals surface area contributed by atoms with Crippen molar-refractivity contribution in [3.05, 3.63) is 81.0 Å². The molecule has 2 aromatic heterocycles. The maximum Gasteiger partial charge on any atom is 0.338 e. The average molecular weight is 451 g/mol. The minimum atomic E-state index is -0.326. The number of esters is 1. The van der Waals surface area contributed by atoms with Crippen LogP contribution in [0.5, 0.6) is 0 Å². The van der Waals surface area contributed by atoms with Gasteiger partial charge in [0.25, 0.3) is 5.56 Å². The van der Waals surface area contributed by atoms with Gasteiger partial charge in [0.1, 0.15) is 4.83 Å². The van der Waals surface area contributed by atoms with Crippen LogP contribution in [0.1, 0.15) is 34.6 Å². The number of aromatic amines is 1. The third-order valence-electron chi connectivity index (χ3n) is 4.69. The van der Waals surface area contributed by atoms with Crippen LogP contribution in [0.25, 0.3) is 21.3 Å². The molecule has 7 heteroatoms. The van der Waals surface area contributed by atoms with E-state index in [-0.39, 0.29) is 17.6 Å². The highest BCUT2D eigenvalue weighted by Gasteiger charge is 2.16. The summed E-state index contributed by atoms with van der Waals surface area (Å²) in [4.78, 5) is 34.3. The maximum absolute atomic E-state index is 12.9. The van der Waals surface area contributed by atoms with Gasteiger partial charge in [-0.05, 0) is 44.0 Å². The number of nitrogens with one attached hydrogen (secondary N) is 1. The Bertz CT molecular complexity index is 1280. The molecule has 0 fully saturated rings. The quantitative estimate of drug-likeness (QED) is 0.228. The molecule has 4 aromatic rings. The van der Waals surface area contributed by atoms with Crippen molar-refractivity contribution in [3.8, 4) is 11.1 Å². The van der Waals surface area contributed by atoms with Crippen molar-refractivity contribution in [2.45, 2.75) is 37.8 Å². The smallest absolute Gasteiger partial charge is 0.338 e. The van der Waals surface area contributed by atoms with Gasteiger partial charge in [-0.1, -0.05) is 54.2 Å². The normalized spacial score (nSPS) is 11.2. The molecule has 0 spiro atoms. The molecule has 0 amide bonds. The molecular formula is C24H22N2O3S2. The van der Waals surface area contributed by atoms with Gasteiger partial charge in [-0.25, -0.2) is 9.78 Å². The van der Waals surface area contributed by atoms with Crippen molar-refractivity contribution in [2.24, 2.45) is 0 Å². The predicted molar refractivity (Wildman–Crippen MR) is 127 cm³/mol. The Morgan fingerprint density at radius 1 is 1.13 bits per heavy atom. The van der Waals surface area contributed by atoms with Crippen LogP contribution in [0.15, 0.2) is 64.5 Å². The van der Waals surface area contributed by atoms with E-state index in [0.717, 1.165) is 26.4 Å². The Labute approximate surface area is 188 Å². The van der Waals surface area contributed by atoms with Crippen molar-refractivity contribution in [1.82, 2.24) is 9.97 Å². The second-order valence-corrected chi connectivity index (χ2v) is 9.56. The first-order chi connectivity index (χ1) is 14.9. The van der Waals surface area contributed by atoms with Crippen molar-refractivity contribution in [2.75, 3.05) is 0 Å². The molecule has 5 nitrogen and oxygen atoms in total. The molecule has 0 unspecified atom stereocenters. The number of benzene rings is 2. The van der Waals surface area contributed by atoms with E-state index in [1.807, 2.05) is 63.2 Å². The molecule has 2 heterocycles. The fourth-order valence-corrected chi connectivity index (χ4v) is 5.21. The highest BCUT2D eigenvalue weighted by Crippen LogP contribution is 2.36. The number of aromatic nitrogens is 2. The van der Waals surface area contributed by atoms with E-state index in [1.54, 1.807) is 12.1 Å². The number of thioether (sulfide) groups is 1. The zero-order valence-electron chi connectivity index (χ0n) is 17.5. The van der Waals surface area contributed by atoms with Gasteiger partial charge in [0.05, 0.1) is 17.1 Å². The Hall–Kier alpha value is -2.90. The second-order valence-electron chi connectivity index (χ2n) is 7.39. The van der Waals surface area contributed by atoms with Gasteiger partial charge >= 0.3 is 5.97 Å². The first-order valence-electron chi connectivity index (χ1n) is 9.94. The van der Waals surface area contributed by atoms with Crippen LogP contribution in [0.3, 0.4) is 0 Å². The van der Waals surface area contributed by atoms with Gasteiger partial charge in [0.15, 0.2) is 5.16 Å². The standard InChI is InChI=1S/C24H22N2O3S2/c1-14(2)29-23(28)18-11-9-16(10-12-18)13-30-24-25-21(27)20-19(15(3)31-22(20)26-24)17-7-5-4-6-8-17/h4-12,14H,13H2,1-3H3,(H,25,26,27). The van der Waals surface area contributed by atoms with Crippen LogP contribution in [-0.4, -0.2) is 22.0 Å². The fraction of sp³-hybridized carbons (Fsp3) is 0.208. The Balaban J connectivity index is 1.54. The minimum absolute atomic E-state index is 0.123. The summed E-state index contributed by atoms with van der Waals surface area (Å²) in [5.74, 6) is 0.303. The maximum atomic E-state index is 12.9. The number of hydrogen-bond acceptors (Lipinski definition) is 6. The van der Waals surface area contributed by atoms with Gasteiger partial charge in [-0.2, -0.15) is 0 Å². The van der Waals surface area contributed by atoms with Crippen LogP contribution in [0.4, 0.5) is 0 Å². The number of rotatable bonds is 6. The van der Waals surface area contributed by atoms with E-state index in [2.05, 4.69) is 9.97 Å². The summed E-state index contributed by atoms with van der Waals surface area (Å²) in [5, 5.41) is 1.23. The SMILES string of the molecule is Cc1sc2nc(SCc3ccc(C(=O)OC(C)C)cc3)[nH]c(=O)c2c1-c1ccccc1. The van der Waals surface area contributed by atoms with Crippen LogP contribution in [0, 0.1) is 6.92 Å². The summed E-state index contributed by atoms with van der Waals surface area (Å²) >= 11 is 3.00. The molecule has 0 saturated carbocycles. The zero-order valence-corrected chi connectivity index (χ0v) is 19.1. The summed E-state index contributed by atoms with van der Waals surface area (Å²) in [6.45, 7) is 5.67. The van der Waals surface area contributed by atoms with Crippen LogP contribution in [0.2, 0.25) is 0 Å². The fourth-order valence-electron chi connectivity index (χ4n) is 3.29. The summed E-state index contributed by atoms with van der Waals surface area (Å²) in [7, 11) is 0. The molecular weight excluding hydrogens is 428 g/mol. The molecule has 0 radical (unpaired) electrons. The number of ether oxygens (including phenoxy) is 1. The van der Waals surface area contributed by atoms with Gasteiger partial charge < -0.3 is 9.72 Å². The molecule has 0 aliphatic carbocycles. The van der Waals surface area contributed by atoms with E-state index < -0.39 is 0 Å². The number of H-pyrrole nitrogens is 1. The Morgan fingerprint density at radius 2 is 1.84 bits per heavy atom. The predicted octanol–water partition coefficient (Wildman–Crippen LogP) is 5.82. The lowest BCUT2D eigenvalue weighted by Crippen LogP contribution is -2.11. The minimum Gasteiger partial charge on any atom is -0.459 e. The lowest BCUT2D eigenvalue weighted by molar-refractivity contribution is 0.0378. The van der Waals surface area contributed by atoms with Crippen LogP contribution < -0.4 is 5.56 Å². The van der Waals surface area contributed by atoms with E-state index >= 15 is 0 Å². The van der Waals surface area contributed by atoms with Gasteiger partial charge in [0.2, 0.25) is 0 Å². The lowest BCUT2D eigenvalue weighted by Gasteiger charge is -2.08.